The van der Waals surface area contributed by atoms with Gasteiger partial charge in [-0.2, -0.15) is 0 Å². The van der Waals surface area contributed by atoms with Gasteiger partial charge in [0, 0.05) is 0 Å². The molecule has 0 radical (unpaired) electrons. The van der Waals surface area contributed by atoms with E-state index in [0.717, 1.165) is 11.1 Å². The molecule has 2 rings (SSSR count). The fraction of sp³-hybridized carbons (Fsp3) is 0.222. The average molecular weight is 165 g/mol. The van der Waals surface area contributed by atoms with E-state index in [1.165, 1.54) is 0 Å². The van der Waals surface area contributed by atoms with Crippen LogP contribution >= 0.6 is 0 Å². The molecule has 64 valence electrons. The van der Waals surface area contributed by atoms with Crippen molar-refractivity contribution in [1.29, 1.82) is 0 Å². The number of rotatable bonds is 0. The largest absolute Gasteiger partial charge is 0.417 e. The molecule has 0 unspecified atom stereocenters. The van der Waals surface area contributed by atoms with Gasteiger partial charge in [-0.25, -0.2) is 4.79 Å². The molecule has 0 amide bonds. The lowest BCUT2D eigenvalue weighted by atomic mass is 10.2. The number of aromatic amines is 1. The Morgan fingerprint density at radius 3 is 2.92 bits per heavy atom. The molecule has 0 saturated heterocycles. The Balaban J connectivity index is 0.000000720. The maximum absolute atomic E-state index is 10.7. The van der Waals surface area contributed by atoms with Crippen molar-refractivity contribution in [2.24, 2.45) is 0 Å². The SMILES string of the molecule is C.Cc1ccc2[nH]c(=O)oc2c1. The number of aryl methyl sites for hydroxylation is 1. The molecule has 0 aliphatic heterocycles. The normalized spacial score (nSPS) is 9.75. The van der Waals surface area contributed by atoms with Crippen molar-refractivity contribution in [3.8, 4) is 0 Å². The Labute approximate surface area is 70.0 Å². The number of hydrogen-bond donors (Lipinski definition) is 1. The number of aromatic nitrogens is 1. The van der Waals surface area contributed by atoms with Crippen molar-refractivity contribution in [3.05, 3.63) is 34.3 Å². The molecular formula is C9H11NO2. The van der Waals surface area contributed by atoms with Crippen LogP contribution in [-0.2, 0) is 0 Å². The average Bonchev–Trinajstić information content (AvgIpc) is 2.27. The van der Waals surface area contributed by atoms with Gasteiger partial charge in [-0.15, -0.1) is 0 Å². The molecule has 3 nitrogen and oxygen atoms in total. The van der Waals surface area contributed by atoms with Crippen LogP contribution in [0.3, 0.4) is 0 Å². The lowest BCUT2D eigenvalue weighted by molar-refractivity contribution is 0.555. The Bertz CT molecular complexity index is 439. The summed E-state index contributed by atoms with van der Waals surface area (Å²) in [5.74, 6) is -0.398. The van der Waals surface area contributed by atoms with Gasteiger partial charge in [-0.3, -0.25) is 4.98 Å². The third kappa shape index (κ3) is 1.25. The summed E-state index contributed by atoms with van der Waals surface area (Å²) in [6.07, 6.45) is 0. The molecule has 0 bridgehead atoms. The summed E-state index contributed by atoms with van der Waals surface area (Å²) in [6, 6.07) is 5.58. The highest BCUT2D eigenvalue weighted by molar-refractivity contribution is 5.72. The number of H-pyrrole nitrogens is 1. The second kappa shape index (κ2) is 2.85. The quantitative estimate of drug-likeness (QED) is 0.649. The molecule has 12 heavy (non-hydrogen) atoms. The number of benzene rings is 1. The van der Waals surface area contributed by atoms with Gasteiger partial charge in [0.25, 0.3) is 0 Å². The van der Waals surface area contributed by atoms with Crippen molar-refractivity contribution < 1.29 is 4.42 Å². The minimum Gasteiger partial charge on any atom is -0.408 e. The molecule has 0 atom stereocenters. The van der Waals surface area contributed by atoms with Gasteiger partial charge in [0.15, 0.2) is 5.58 Å². The molecule has 1 heterocycles. The van der Waals surface area contributed by atoms with Crippen LogP contribution in [0.4, 0.5) is 0 Å². The topological polar surface area (TPSA) is 46.0 Å². The lowest BCUT2D eigenvalue weighted by Gasteiger charge is -1.87. The van der Waals surface area contributed by atoms with Crippen LogP contribution in [0.5, 0.6) is 0 Å². The predicted molar refractivity (Wildman–Crippen MR) is 48.3 cm³/mol. The zero-order valence-electron chi connectivity index (χ0n) is 6.05. The number of oxazole rings is 1. The Morgan fingerprint density at radius 2 is 2.17 bits per heavy atom. The highest BCUT2D eigenvalue weighted by atomic mass is 16.4. The second-order valence-corrected chi connectivity index (χ2v) is 2.51. The van der Waals surface area contributed by atoms with Crippen LogP contribution in [0.1, 0.15) is 13.0 Å². The van der Waals surface area contributed by atoms with Crippen LogP contribution in [0.2, 0.25) is 0 Å². The van der Waals surface area contributed by atoms with E-state index in [1.807, 2.05) is 25.1 Å². The van der Waals surface area contributed by atoms with Crippen LogP contribution in [0, 0.1) is 6.92 Å². The van der Waals surface area contributed by atoms with Crippen molar-refractivity contribution in [2.45, 2.75) is 14.4 Å². The van der Waals surface area contributed by atoms with Crippen LogP contribution in [0.25, 0.3) is 11.1 Å². The summed E-state index contributed by atoms with van der Waals surface area (Å²) < 4.78 is 4.84. The molecule has 0 fully saturated rings. The van der Waals surface area contributed by atoms with E-state index in [2.05, 4.69) is 4.98 Å². The Kier molecular flexibility index (Phi) is 2.04. The van der Waals surface area contributed by atoms with E-state index >= 15 is 0 Å². The molecule has 1 aromatic heterocycles. The molecule has 1 aromatic carbocycles. The summed E-state index contributed by atoms with van der Waals surface area (Å²) >= 11 is 0. The van der Waals surface area contributed by atoms with Crippen molar-refractivity contribution in [1.82, 2.24) is 4.98 Å². The maximum Gasteiger partial charge on any atom is 0.417 e. The lowest BCUT2D eigenvalue weighted by Crippen LogP contribution is -1.92. The molecule has 0 aliphatic rings. The first kappa shape index (κ1) is 8.59. The third-order valence-electron chi connectivity index (χ3n) is 1.58. The predicted octanol–water partition coefficient (Wildman–Crippen LogP) is 2.07. The minimum atomic E-state index is -0.398. The first-order valence-electron chi connectivity index (χ1n) is 3.35. The molecular weight excluding hydrogens is 154 g/mol. The Hall–Kier alpha value is -1.51. The van der Waals surface area contributed by atoms with Gasteiger partial charge in [0.05, 0.1) is 5.52 Å². The smallest absolute Gasteiger partial charge is 0.408 e. The number of hydrogen-bond acceptors (Lipinski definition) is 2. The first-order chi connectivity index (χ1) is 5.25. The van der Waals surface area contributed by atoms with Gasteiger partial charge in [0.1, 0.15) is 0 Å². The standard InChI is InChI=1S/C8H7NO2.CH4/c1-5-2-3-6-7(4-5)11-8(10)9-6;/h2-4H,1H3,(H,9,10);1H4. The fourth-order valence-electron chi connectivity index (χ4n) is 1.05. The molecule has 3 heteroatoms. The van der Waals surface area contributed by atoms with Crippen molar-refractivity contribution in [2.75, 3.05) is 0 Å². The maximum atomic E-state index is 10.7. The zero-order chi connectivity index (χ0) is 7.84. The minimum absolute atomic E-state index is 0. The molecule has 1 N–H and O–H groups in total. The molecule has 0 aliphatic carbocycles. The van der Waals surface area contributed by atoms with Gasteiger partial charge in [-0.05, 0) is 24.6 Å². The van der Waals surface area contributed by atoms with E-state index in [4.69, 9.17) is 4.42 Å². The van der Waals surface area contributed by atoms with E-state index < -0.39 is 5.76 Å². The van der Waals surface area contributed by atoms with Gasteiger partial charge in [0.2, 0.25) is 0 Å². The van der Waals surface area contributed by atoms with E-state index in [-0.39, 0.29) is 7.43 Å². The fourth-order valence-corrected chi connectivity index (χ4v) is 1.05. The van der Waals surface area contributed by atoms with Crippen molar-refractivity contribution in [3.63, 3.8) is 0 Å². The molecule has 0 saturated carbocycles. The summed E-state index contributed by atoms with van der Waals surface area (Å²) in [6.45, 7) is 1.95. The summed E-state index contributed by atoms with van der Waals surface area (Å²) in [4.78, 5) is 13.2. The highest BCUT2D eigenvalue weighted by Gasteiger charge is 1.98. The van der Waals surface area contributed by atoms with E-state index in [9.17, 15) is 4.79 Å². The van der Waals surface area contributed by atoms with E-state index in [1.54, 1.807) is 0 Å². The van der Waals surface area contributed by atoms with E-state index in [0.29, 0.717) is 5.58 Å². The second-order valence-electron chi connectivity index (χ2n) is 2.51. The number of fused-ring (bicyclic) bond motifs is 1. The van der Waals surface area contributed by atoms with Gasteiger partial charge >= 0.3 is 5.76 Å². The molecule has 2 aromatic rings. The first-order valence-corrected chi connectivity index (χ1v) is 3.35. The Morgan fingerprint density at radius 1 is 1.42 bits per heavy atom. The summed E-state index contributed by atoms with van der Waals surface area (Å²) in [7, 11) is 0. The third-order valence-corrected chi connectivity index (χ3v) is 1.58. The molecule has 0 spiro atoms. The van der Waals surface area contributed by atoms with Crippen LogP contribution < -0.4 is 5.76 Å². The van der Waals surface area contributed by atoms with Gasteiger partial charge < -0.3 is 4.42 Å². The van der Waals surface area contributed by atoms with Gasteiger partial charge in [-0.1, -0.05) is 13.5 Å². The van der Waals surface area contributed by atoms with Crippen molar-refractivity contribution >= 4 is 11.1 Å². The number of nitrogens with one attached hydrogen (secondary N) is 1. The highest BCUT2D eigenvalue weighted by Crippen LogP contribution is 2.10. The zero-order valence-corrected chi connectivity index (χ0v) is 6.05. The summed E-state index contributed by atoms with van der Waals surface area (Å²) in [5, 5.41) is 0. The van der Waals surface area contributed by atoms with Crippen LogP contribution in [-0.4, -0.2) is 4.98 Å². The monoisotopic (exact) mass is 165 g/mol. The summed E-state index contributed by atoms with van der Waals surface area (Å²) in [5.41, 5.74) is 2.45. The van der Waals surface area contributed by atoms with Crippen LogP contribution in [0.15, 0.2) is 27.4 Å².